The van der Waals surface area contributed by atoms with Gasteiger partial charge in [0, 0.05) is 0 Å². The first-order chi connectivity index (χ1) is 5.40. The van der Waals surface area contributed by atoms with Crippen LogP contribution in [-0.4, -0.2) is 24.3 Å². The first-order valence-electron chi connectivity index (χ1n) is 3.94. The summed E-state index contributed by atoms with van der Waals surface area (Å²) in [6.45, 7) is 9.67. The Bertz CT molecular complexity index is 208. The van der Waals surface area contributed by atoms with E-state index >= 15 is 0 Å². The molecule has 0 saturated carbocycles. The van der Waals surface area contributed by atoms with Crippen molar-refractivity contribution in [2.45, 2.75) is 32.5 Å². The number of carbonyl (C=O) groups is 1. The average Bonchev–Trinajstić information content (AvgIpc) is 2.62. The Balaban J connectivity index is 2.42. The molecule has 1 fully saturated rings. The summed E-state index contributed by atoms with van der Waals surface area (Å²) in [6, 6.07) is 0. The highest BCUT2D eigenvalue weighted by atomic mass is 16.6. The molecule has 0 aliphatic carbocycles. The van der Waals surface area contributed by atoms with E-state index in [4.69, 9.17) is 9.47 Å². The van der Waals surface area contributed by atoms with E-state index in [-0.39, 0.29) is 12.1 Å². The third-order valence-corrected chi connectivity index (χ3v) is 1.38. The Morgan fingerprint density at radius 3 is 2.42 bits per heavy atom. The summed E-state index contributed by atoms with van der Waals surface area (Å²) in [5.74, 6) is -0.356. The zero-order valence-electron chi connectivity index (χ0n) is 7.72. The molecule has 0 aromatic carbocycles. The number of esters is 1. The Labute approximate surface area is 72.4 Å². The van der Waals surface area contributed by atoms with E-state index in [1.54, 1.807) is 0 Å². The molecule has 3 heteroatoms. The second-order valence-corrected chi connectivity index (χ2v) is 3.85. The molecule has 1 saturated heterocycles. The van der Waals surface area contributed by atoms with Gasteiger partial charge < -0.3 is 9.47 Å². The van der Waals surface area contributed by atoms with Crippen molar-refractivity contribution in [3.8, 4) is 0 Å². The van der Waals surface area contributed by atoms with Crippen molar-refractivity contribution < 1.29 is 14.3 Å². The highest BCUT2D eigenvalue weighted by Gasteiger charge is 2.32. The van der Waals surface area contributed by atoms with Crippen LogP contribution < -0.4 is 0 Å². The molecule has 1 atom stereocenters. The lowest BCUT2D eigenvalue weighted by atomic mass is 10.2. The summed E-state index contributed by atoms with van der Waals surface area (Å²) in [5, 5.41) is 0. The molecule has 0 bridgehead atoms. The number of hydrogen-bond acceptors (Lipinski definition) is 3. The van der Waals surface area contributed by atoms with E-state index in [1.165, 1.54) is 0 Å². The fourth-order valence-corrected chi connectivity index (χ4v) is 0.724. The van der Waals surface area contributed by atoms with Gasteiger partial charge in [-0.3, -0.25) is 0 Å². The van der Waals surface area contributed by atoms with Gasteiger partial charge in [0.1, 0.15) is 11.7 Å². The molecule has 12 heavy (non-hydrogen) atoms. The summed E-state index contributed by atoms with van der Waals surface area (Å²) < 4.78 is 9.99. The molecular formula is C9H14O3. The van der Waals surface area contributed by atoms with Crippen molar-refractivity contribution >= 4 is 5.97 Å². The van der Waals surface area contributed by atoms with E-state index in [1.807, 2.05) is 20.8 Å². The van der Waals surface area contributed by atoms with Crippen LogP contribution in [0.1, 0.15) is 20.8 Å². The molecule has 1 heterocycles. The minimum Gasteiger partial charge on any atom is -0.457 e. The second-order valence-electron chi connectivity index (χ2n) is 3.85. The predicted octanol–water partition coefficient (Wildman–Crippen LogP) is 1.28. The van der Waals surface area contributed by atoms with Gasteiger partial charge in [-0.2, -0.15) is 0 Å². The molecule has 0 aromatic heterocycles. The van der Waals surface area contributed by atoms with Crippen LogP contribution >= 0.6 is 0 Å². The van der Waals surface area contributed by atoms with Gasteiger partial charge in [-0.1, -0.05) is 6.58 Å². The lowest BCUT2D eigenvalue weighted by Crippen LogP contribution is -2.25. The van der Waals surface area contributed by atoms with Gasteiger partial charge in [-0.15, -0.1) is 0 Å². The van der Waals surface area contributed by atoms with Crippen LogP contribution in [0.3, 0.4) is 0 Å². The van der Waals surface area contributed by atoms with Crippen LogP contribution in [0.15, 0.2) is 12.2 Å². The van der Waals surface area contributed by atoms with Gasteiger partial charge in [-0.05, 0) is 20.8 Å². The summed E-state index contributed by atoms with van der Waals surface area (Å²) in [6.07, 6.45) is -0.0974. The lowest BCUT2D eigenvalue weighted by molar-refractivity contribution is -0.150. The zero-order chi connectivity index (χ0) is 9.35. The molecule has 0 amide bonds. The zero-order valence-corrected chi connectivity index (χ0v) is 7.72. The van der Waals surface area contributed by atoms with Gasteiger partial charge in [0.15, 0.2) is 0 Å². The molecule has 68 valence electrons. The number of hydrogen-bond donors (Lipinski definition) is 0. The van der Waals surface area contributed by atoms with Gasteiger partial charge in [0.05, 0.1) is 12.2 Å². The van der Waals surface area contributed by atoms with Gasteiger partial charge >= 0.3 is 5.97 Å². The molecular weight excluding hydrogens is 156 g/mol. The largest absolute Gasteiger partial charge is 0.457 e. The van der Waals surface area contributed by atoms with Crippen LogP contribution in [-0.2, 0) is 14.3 Å². The van der Waals surface area contributed by atoms with Crippen molar-refractivity contribution in [3.63, 3.8) is 0 Å². The SMILES string of the molecule is C=C(C(=O)OC(C)(C)C)C1CO1. The maximum Gasteiger partial charge on any atom is 0.336 e. The Kier molecular flexibility index (Phi) is 2.24. The number of rotatable bonds is 2. The van der Waals surface area contributed by atoms with E-state index in [0.717, 1.165) is 0 Å². The van der Waals surface area contributed by atoms with E-state index < -0.39 is 5.60 Å². The first-order valence-corrected chi connectivity index (χ1v) is 3.94. The minimum atomic E-state index is -0.449. The third kappa shape index (κ3) is 2.66. The summed E-state index contributed by atoms with van der Waals surface area (Å²) in [5.41, 5.74) is -0.0283. The Hall–Kier alpha value is -0.830. The average molecular weight is 170 g/mol. The van der Waals surface area contributed by atoms with Crippen LogP contribution in [0.25, 0.3) is 0 Å². The van der Waals surface area contributed by atoms with Crippen LogP contribution in [0.2, 0.25) is 0 Å². The van der Waals surface area contributed by atoms with Crippen LogP contribution in [0.5, 0.6) is 0 Å². The van der Waals surface area contributed by atoms with Crippen molar-refractivity contribution in [1.82, 2.24) is 0 Å². The summed E-state index contributed by atoms with van der Waals surface area (Å²) >= 11 is 0. The highest BCUT2D eigenvalue weighted by molar-refractivity contribution is 5.89. The van der Waals surface area contributed by atoms with E-state index in [0.29, 0.717) is 12.2 Å². The van der Waals surface area contributed by atoms with Crippen molar-refractivity contribution in [2.75, 3.05) is 6.61 Å². The van der Waals surface area contributed by atoms with Crippen LogP contribution in [0, 0.1) is 0 Å². The molecule has 1 rings (SSSR count). The smallest absolute Gasteiger partial charge is 0.336 e. The molecule has 0 spiro atoms. The van der Waals surface area contributed by atoms with E-state index in [2.05, 4.69) is 6.58 Å². The molecule has 0 radical (unpaired) electrons. The second kappa shape index (κ2) is 2.90. The number of ether oxygens (including phenoxy) is 2. The fourth-order valence-electron chi connectivity index (χ4n) is 0.724. The number of carbonyl (C=O) groups excluding carboxylic acids is 1. The first kappa shape index (κ1) is 9.26. The fraction of sp³-hybridized carbons (Fsp3) is 0.667. The standard InChI is InChI=1S/C9H14O3/c1-6(7-5-11-7)8(10)12-9(2,3)4/h7H,1,5H2,2-4H3. The quantitative estimate of drug-likeness (QED) is 0.356. The maximum atomic E-state index is 11.2. The lowest BCUT2D eigenvalue weighted by Gasteiger charge is -2.19. The summed E-state index contributed by atoms with van der Waals surface area (Å²) in [7, 11) is 0. The highest BCUT2D eigenvalue weighted by Crippen LogP contribution is 2.21. The maximum absolute atomic E-state index is 11.2. The monoisotopic (exact) mass is 170 g/mol. The Morgan fingerprint density at radius 2 is 2.08 bits per heavy atom. The molecule has 0 N–H and O–H groups in total. The molecule has 1 aliphatic heterocycles. The molecule has 3 nitrogen and oxygen atoms in total. The summed E-state index contributed by atoms with van der Waals surface area (Å²) in [4.78, 5) is 11.2. The van der Waals surface area contributed by atoms with Crippen molar-refractivity contribution in [3.05, 3.63) is 12.2 Å². The minimum absolute atomic E-state index is 0.0974. The predicted molar refractivity (Wildman–Crippen MR) is 44.7 cm³/mol. The normalized spacial score (nSPS) is 21.8. The van der Waals surface area contributed by atoms with Crippen molar-refractivity contribution in [2.24, 2.45) is 0 Å². The van der Waals surface area contributed by atoms with E-state index in [9.17, 15) is 4.79 Å². The molecule has 0 aromatic rings. The van der Waals surface area contributed by atoms with Gasteiger partial charge in [0.2, 0.25) is 0 Å². The Morgan fingerprint density at radius 1 is 1.58 bits per heavy atom. The van der Waals surface area contributed by atoms with Gasteiger partial charge in [-0.25, -0.2) is 4.79 Å². The molecule has 1 aliphatic rings. The van der Waals surface area contributed by atoms with Gasteiger partial charge in [0.25, 0.3) is 0 Å². The van der Waals surface area contributed by atoms with Crippen molar-refractivity contribution in [1.29, 1.82) is 0 Å². The molecule has 1 unspecified atom stereocenters. The number of epoxide rings is 1. The van der Waals surface area contributed by atoms with Crippen LogP contribution in [0.4, 0.5) is 0 Å². The topological polar surface area (TPSA) is 38.8 Å². The third-order valence-electron chi connectivity index (χ3n) is 1.38.